The number of nitrogens with one attached hydrogen (secondary N) is 2. The van der Waals surface area contributed by atoms with Crippen LogP contribution in [0.2, 0.25) is 0 Å². The minimum absolute atomic E-state index is 0.00498. The summed E-state index contributed by atoms with van der Waals surface area (Å²) in [5.74, 6) is 0.392. The zero-order valence-electron chi connectivity index (χ0n) is 21.9. The zero-order valence-corrected chi connectivity index (χ0v) is 22.8. The van der Waals surface area contributed by atoms with Crippen LogP contribution >= 0.6 is 11.3 Å². The van der Waals surface area contributed by atoms with Gasteiger partial charge in [0.15, 0.2) is 11.4 Å². The molecule has 2 N–H and O–H groups in total. The van der Waals surface area contributed by atoms with Crippen molar-refractivity contribution in [2.24, 2.45) is 0 Å². The Labute approximate surface area is 238 Å². The average Bonchev–Trinajstić information content (AvgIpc) is 3.45. The minimum atomic E-state index is -0.749. The fraction of sp³-hybridized carbons (Fsp3) is 0.222. The molecule has 2 amide bonds. The van der Waals surface area contributed by atoms with Gasteiger partial charge < -0.3 is 9.47 Å². The second-order valence-electron chi connectivity index (χ2n) is 8.86. The lowest BCUT2D eigenvalue weighted by molar-refractivity contribution is 0.211. The maximum absolute atomic E-state index is 12.2. The molecule has 0 fully saturated rings. The first-order valence-corrected chi connectivity index (χ1v) is 13.2. The van der Waals surface area contributed by atoms with E-state index in [9.17, 15) is 9.59 Å². The van der Waals surface area contributed by atoms with E-state index < -0.39 is 12.2 Å². The van der Waals surface area contributed by atoms with Gasteiger partial charge in [-0.3, -0.25) is 15.6 Å². The summed E-state index contributed by atoms with van der Waals surface area (Å²) in [6, 6.07) is 14.8. The Hall–Kier alpha value is -5.47. The van der Waals surface area contributed by atoms with Gasteiger partial charge in [0.1, 0.15) is 12.1 Å². The molecule has 4 rings (SSSR count). The normalized spacial score (nSPS) is 11.8. The van der Waals surface area contributed by atoms with E-state index in [1.165, 1.54) is 24.3 Å². The van der Waals surface area contributed by atoms with E-state index >= 15 is 0 Å². The molecule has 0 aliphatic carbocycles. The number of carbonyl (C=O) groups excluding carboxylic acids is 2. The van der Waals surface area contributed by atoms with Crippen LogP contribution in [-0.2, 0) is 0 Å². The summed E-state index contributed by atoms with van der Waals surface area (Å²) in [5.41, 5.74) is 2.21. The highest BCUT2D eigenvalue weighted by Gasteiger charge is 2.15. The van der Waals surface area contributed by atoms with Gasteiger partial charge in [-0.1, -0.05) is 13.8 Å². The molecule has 14 heteroatoms. The maximum atomic E-state index is 12.2. The van der Waals surface area contributed by atoms with E-state index in [-0.39, 0.29) is 35.0 Å². The lowest BCUT2D eigenvalue weighted by Crippen LogP contribution is -2.17. The largest absolute Gasteiger partial charge is 0.418 e. The summed E-state index contributed by atoms with van der Waals surface area (Å²) >= 11 is 1.54. The van der Waals surface area contributed by atoms with E-state index in [2.05, 4.69) is 49.9 Å². The second-order valence-corrected chi connectivity index (χ2v) is 9.80. The molecular formula is C27H23N9O4S. The van der Waals surface area contributed by atoms with Gasteiger partial charge in [-0.2, -0.15) is 10.5 Å². The fourth-order valence-corrected chi connectivity index (χ4v) is 4.52. The number of aromatic nitrogens is 5. The van der Waals surface area contributed by atoms with Crippen molar-refractivity contribution < 1.29 is 19.1 Å². The number of rotatable bonds is 9. The number of hydrogen-bond donors (Lipinski definition) is 2. The summed E-state index contributed by atoms with van der Waals surface area (Å²) in [5, 5.41) is 39.2. The molecule has 2 unspecified atom stereocenters. The summed E-state index contributed by atoms with van der Waals surface area (Å²) in [4.78, 5) is 29.8. The molecule has 0 spiro atoms. The first-order valence-electron chi connectivity index (χ1n) is 12.3. The highest BCUT2D eigenvalue weighted by Crippen LogP contribution is 2.32. The van der Waals surface area contributed by atoms with Crippen LogP contribution in [0.4, 0.5) is 21.0 Å². The summed E-state index contributed by atoms with van der Waals surface area (Å²) in [7, 11) is 0. The van der Waals surface area contributed by atoms with Crippen LogP contribution in [-0.4, -0.2) is 37.6 Å². The maximum Gasteiger partial charge on any atom is 0.418 e. The van der Waals surface area contributed by atoms with Crippen LogP contribution < -0.4 is 20.1 Å². The SMILES string of the molecule is CC(CCC(C)c1cc(NC(=O)Oc2ccc(C#N)nn2)cs1)c1ccc(NC(=O)Oc2ccc(C#N)nn2)cn1. The van der Waals surface area contributed by atoms with Gasteiger partial charge in [-0.15, -0.1) is 31.7 Å². The molecule has 4 heterocycles. The van der Waals surface area contributed by atoms with E-state index in [1.807, 2.05) is 29.7 Å². The van der Waals surface area contributed by atoms with Crippen molar-refractivity contribution in [2.45, 2.75) is 38.5 Å². The van der Waals surface area contributed by atoms with Crippen LogP contribution in [0, 0.1) is 22.7 Å². The highest BCUT2D eigenvalue weighted by atomic mass is 32.1. The van der Waals surface area contributed by atoms with E-state index in [0.29, 0.717) is 11.4 Å². The fourth-order valence-electron chi connectivity index (χ4n) is 3.58. The molecule has 0 aromatic carbocycles. The minimum Gasteiger partial charge on any atom is -0.389 e. The van der Waals surface area contributed by atoms with Crippen LogP contribution in [0.3, 0.4) is 0 Å². The number of anilines is 2. The van der Waals surface area contributed by atoms with E-state index in [4.69, 9.17) is 20.0 Å². The Morgan fingerprint density at radius 1 is 0.829 bits per heavy atom. The Morgan fingerprint density at radius 2 is 1.41 bits per heavy atom. The highest BCUT2D eigenvalue weighted by molar-refractivity contribution is 7.10. The van der Waals surface area contributed by atoms with Crippen molar-refractivity contribution in [3.05, 3.63) is 76.0 Å². The summed E-state index contributed by atoms with van der Waals surface area (Å²) < 4.78 is 10.2. The number of nitrogens with zero attached hydrogens (tertiary/aromatic N) is 7. The third-order valence-corrected chi connectivity index (χ3v) is 6.99. The third kappa shape index (κ3) is 8.26. The number of pyridine rings is 1. The van der Waals surface area contributed by atoms with Crippen LogP contribution in [0.15, 0.2) is 54.0 Å². The Bertz CT molecular complexity index is 1580. The quantitative estimate of drug-likeness (QED) is 0.263. The van der Waals surface area contributed by atoms with E-state index in [1.54, 1.807) is 23.6 Å². The average molecular weight is 570 g/mol. The van der Waals surface area contributed by atoms with Gasteiger partial charge in [0, 0.05) is 28.1 Å². The second kappa shape index (κ2) is 13.5. The van der Waals surface area contributed by atoms with Crippen LogP contribution in [0.25, 0.3) is 0 Å². The monoisotopic (exact) mass is 569 g/mol. The Kier molecular flexibility index (Phi) is 9.43. The lowest BCUT2D eigenvalue weighted by Gasteiger charge is -2.15. The van der Waals surface area contributed by atoms with Gasteiger partial charge >= 0.3 is 12.2 Å². The molecule has 0 radical (unpaired) electrons. The topological polar surface area (TPSA) is 189 Å². The van der Waals surface area contributed by atoms with Crippen molar-refractivity contribution >= 4 is 34.9 Å². The van der Waals surface area contributed by atoms with E-state index in [0.717, 1.165) is 23.4 Å². The van der Waals surface area contributed by atoms with Gasteiger partial charge in [-0.05, 0) is 55.0 Å². The smallest absolute Gasteiger partial charge is 0.389 e. The molecule has 0 aliphatic rings. The number of nitriles is 2. The molecule has 4 aromatic rings. The Morgan fingerprint density at radius 3 is 1.93 bits per heavy atom. The first kappa shape index (κ1) is 28.5. The Balaban J connectivity index is 1.22. The van der Waals surface area contributed by atoms with Gasteiger partial charge in [-0.25, -0.2) is 9.59 Å². The van der Waals surface area contributed by atoms with Crippen molar-refractivity contribution in [3.63, 3.8) is 0 Å². The van der Waals surface area contributed by atoms with Crippen molar-refractivity contribution in [1.82, 2.24) is 25.4 Å². The van der Waals surface area contributed by atoms with Gasteiger partial charge in [0.2, 0.25) is 11.8 Å². The number of amides is 2. The predicted molar refractivity (Wildman–Crippen MR) is 147 cm³/mol. The van der Waals surface area contributed by atoms with Crippen molar-refractivity contribution in [3.8, 4) is 23.9 Å². The third-order valence-electron chi connectivity index (χ3n) is 5.83. The molecule has 0 saturated carbocycles. The van der Waals surface area contributed by atoms with Gasteiger partial charge in [0.05, 0.1) is 17.6 Å². The van der Waals surface area contributed by atoms with Crippen molar-refractivity contribution in [2.75, 3.05) is 10.6 Å². The number of carbonyl (C=O) groups is 2. The molecule has 4 aromatic heterocycles. The summed E-state index contributed by atoms with van der Waals surface area (Å²) in [6.45, 7) is 4.21. The first-order chi connectivity index (χ1) is 19.8. The zero-order chi connectivity index (χ0) is 29.2. The standard InChI is InChI=1S/C27H23N9O4S/c1-16(22-8-5-20(14-30-22)31-26(37)39-24-9-6-18(12-28)33-35-24)3-4-17(2)23-11-21(15-41-23)32-27(38)40-25-10-7-19(13-29)34-36-25/h5-11,14-17H,3-4H2,1-2H3,(H,31,37)(H,32,38). The lowest BCUT2D eigenvalue weighted by atomic mass is 9.94. The number of thiophene rings is 1. The van der Waals surface area contributed by atoms with Gasteiger partial charge in [0.25, 0.3) is 0 Å². The van der Waals surface area contributed by atoms with Crippen LogP contribution in [0.5, 0.6) is 11.8 Å². The molecule has 13 nitrogen and oxygen atoms in total. The molecule has 2 atom stereocenters. The predicted octanol–water partition coefficient (Wildman–Crippen LogP) is 5.38. The van der Waals surface area contributed by atoms with Crippen LogP contribution in [0.1, 0.15) is 60.5 Å². The van der Waals surface area contributed by atoms with Crippen molar-refractivity contribution in [1.29, 1.82) is 10.5 Å². The molecule has 206 valence electrons. The number of ether oxygens (including phenoxy) is 2. The number of hydrogen-bond acceptors (Lipinski definition) is 12. The molecule has 0 aliphatic heterocycles. The molecular weight excluding hydrogens is 546 g/mol. The molecule has 41 heavy (non-hydrogen) atoms. The molecule has 0 bridgehead atoms. The summed E-state index contributed by atoms with van der Waals surface area (Å²) in [6.07, 6.45) is 1.88. The molecule has 0 saturated heterocycles.